The van der Waals surface area contributed by atoms with Crippen LogP contribution in [0, 0.1) is 6.92 Å². The first-order valence-corrected chi connectivity index (χ1v) is 7.61. The van der Waals surface area contributed by atoms with Crippen LogP contribution in [0.15, 0.2) is 46.9 Å². The van der Waals surface area contributed by atoms with Gasteiger partial charge < -0.3 is 10.1 Å². The number of benzene rings is 2. The molecule has 1 atom stereocenters. The Morgan fingerprint density at radius 3 is 2.55 bits per heavy atom. The van der Waals surface area contributed by atoms with E-state index in [4.69, 9.17) is 4.74 Å². The lowest BCUT2D eigenvalue weighted by Crippen LogP contribution is -2.17. The summed E-state index contributed by atoms with van der Waals surface area (Å²) in [6.07, 6.45) is 0. The fourth-order valence-electron chi connectivity index (χ4n) is 2.32. The van der Waals surface area contributed by atoms with Crippen LogP contribution in [0.25, 0.3) is 0 Å². The molecule has 1 unspecified atom stereocenters. The third-order valence-corrected chi connectivity index (χ3v) is 4.20. The lowest BCUT2D eigenvalue weighted by atomic mass is 9.97. The fraction of sp³-hybridized carbons (Fsp3) is 0.294. The first kappa shape index (κ1) is 15.1. The largest absolute Gasteiger partial charge is 0.494 e. The van der Waals surface area contributed by atoms with E-state index in [9.17, 15) is 0 Å². The van der Waals surface area contributed by atoms with Gasteiger partial charge in [-0.3, -0.25) is 0 Å². The highest BCUT2D eigenvalue weighted by molar-refractivity contribution is 9.10. The number of hydrogen-bond donors (Lipinski definition) is 1. The Morgan fingerprint density at radius 1 is 1.15 bits per heavy atom. The maximum atomic E-state index is 5.58. The Hall–Kier alpha value is -1.32. The maximum absolute atomic E-state index is 5.58. The Labute approximate surface area is 129 Å². The number of aryl methyl sites for hydroxylation is 1. The average molecular weight is 334 g/mol. The van der Waals surface area contributed by atoms with Crippen molar-refractivity contribution in [2.75, 3.05) is 13.7 Å². The predicted octanol–water partition coefficient (Wildman–Crippen LogP) is 4.47. The molecule has 0 saturated heterocycles. The van der Waals surface area contributed by atoms with Crippen molar-refractivity contribution in [3.05, 3.63) is 63.6 Å². The summed E-state index contributed by atoms with van der Waals surface area (Å²) in [6.45, 7) is 4.79. The molecule has 106 valence electrons. The van der Waals surface area contributed by atoms with Crippen molar-refractivity contribution in [1.29, 1.82) is 0 Å². The smallest absolute Gasteiger partial charge is 0.119 e. The molecule has 0 aromatic heterocycles. The summed E-state index contributed by atoms with van der Waals surface area (Å²) in [5.41, 5.74) is 3.70. The molecule has 20 heavy (non-hydrogen) atoms. The van der Waals surface area contributed by atoms with Crippen molar-refractivity contribution in [3.8, 4) is 5.75 Å². The van der Waals surface area contributed by atoms with Gasteiger partial charge in [-0.05, 0) is 55.8 Å². The molecule has 0 aliphatic heterocycles. The second kappa shape index (κ2) is 6.91. The van der Waals surface area contributed by atoms with Crippen molar-refractivity contribution in [2.45, 2.75) is 19.9 Å². The lowest BCUT2D eigenvalue weighted by Gasteiger charge is -2.19. The van der Waals surface area contributed by atoms with Gasteiger partial charge in [-0.25, -0.2) is 0 Å². The van der Waals surface area contributed by atoms with Crippen molar-refractivity contribution in [2.24, 2.45) is 0 Å². The van der Waals surface area contributed by atoms with Crippen LogP contribution in [0.2, 0.25) is 0 Å². The molecule has 1 N–H and O–H groups in total. The highest BCUT2D eigenvalue weighted by Crippen LogP contribution is 2.27. The summed E-state index contributed by atoms with van der Waals surface area (Å²) in [7, 11) is 1.98. The van der Waals surface area contributed by atoms with Crippen LogP contribution in [0.1, 0.15) is 29.7 Å². The molecule has 0 fully saturated rings. The minimum absolute atomic E-state index is 0.169. The Bertz CT molecular complexity index is 583. The van der Waals surface area contributed by atoms with E-state index in [0.717, 1.165) is 10.2 Å². The highest BCUT2D eigenvalue weighted by atomic mass is 79.9. The van der Waals surface area contributed by atoms with Crippen LogP contribution in [0.5, 0.6) is 5.75 Å². The van der Waals surface area contributed by atoms with Crippen molar-refractivity contribution in [3.63, 3.8) is 0 Å². The van der Waals surface area contributed by atoms with Gasteiger partial charge in [-0.2, -0.15) is 0 Å². The highest BCUT2D eigenvalue weighted by Gasteiger charge is 2.13. The summed E-state index contributed by atoms with van der Waals surface area (Å²) in [4.78, 5) is 0. The van der Waals surface area contributed by atoms with Gasteiger partial charge in [0.2, 0.25) is 0 Å². The van der Waals surface area contributed by atoms with E-state index in [1.165, 1.54) is 16.7 Å². The fourth-order valence-corrected chi connectivity index (χ4v) is 2.57. The summed E-state index contributed by atoms with van der Waals surface area (Å²) in [6, 6.07) is 14.9. The van der Waals surface area contributed by atoms with Gasteiger partial charge >= 0.3 is 0 Å². The summed E-state index contributed by atoms with van der Waals surface area (Å²) in [5.74, 6) is 0.916. The van der Waals surface area contributed by atoms with Crippen LogP contribution >= 0.6 is 15.9 Å². The lowest BCUT2D eigenvalue weighted by molar-refractivity contribution is 0.339. The number of rotatable bonds is 5. The van der Waals surface area contributed by atoms with Crippen molar-refractivity contribution < 1.29 is 4.74 Å². The SMILES string of the molecule is CCOc1cccc(C(NC)c2ccc(Br)c(C)c2)c1. The van der Waals surface area contributed by atoms with Gasteiger partial charge in [-0.15, -0.1) is 0 Å². The molecule has 0 spiro atoms. The van der Waals surface area contributed by atoms with Gasteiger partial charge in [-0.1, -0.05) is 40.2 Å². The van der Waals surface area contributed by atoms with Gasteiger partial charge in [0.15, 0.2) is 0 Å². The molecule has 0 aliphatic rings. The number of hydrogen-bond acceptors (Lipinski definition) is 2. The zero-order chi connectivity index (χ0) is 14.5. The second-order valence-corrected chi connectivity index (χ2v) is 5.59. The van der Waals surface area contributed by atoms with E-state index in [0.29, 0.717) is 6.61 Å². The first-order chi connectivity index (χ1) is 9.65. The molecule has 3 heteroatoms. The predicted molar refractivity (Wildman–Crippen MR) is 87.4 cm³/mol. The van der Waals surface area contributed by atoms with Gasteiger partial charge in [0.25, 0.3) is 0 Å². The second-order valence-electron chi connectivity index (χ2n) is 4.74. The summed E-state index contributed by atoms with van der Waals surface area (Å²) < 4.78 is 6.72. The number of nitrogens with one attached hydrogen (secondary N) is 1. The van der Waals surface area contributed by atoms with Crippen molar-refractivity contribution in [1.82, 2.24) is 5.32 Å². The van der Waals surface area contributed by atoms with Crippen LogP contribution in [0.4, 0.5) is 0 Å². The van der Waals surface area contributed by atoms with E-state index >= 15 is 0 Å². The number of ether oxygens (including phenoxy) is 1. The first-order valence-electron chi connectivity index (χ1n) is 6.81. The normalized spacial score (nSPS) is 12.2. The van der Waals surface area contributed by atoms with E-state index in [2.05, 4.69) is 58.5 Å². The maximum Gasteiger partial charge on any atom is 0.119 e. The Kier molecular flexibility index (Phi) is 5.21. The minimum Gasteiger partial charge on any atom is -0.494 e. The Morgan fingerprint density at radius 2 is 1.90 bits per heavy atom. The van der Waals surface area contributed by atoms with Crippen molar-refractivity contribution >= 4 is 15.9 Å². The zero-order valence-corrected chi connectivity index (χ0v) is 13.7. The Balaban J connectivity index is 2.36. The van der Waals surface area contributed by atoms with E-state index in [-0.39, 0.29) is 6.04 Å². The molecular formula is C17H20BrNO. The quantitative estimate of drug-likeness (QED) is 0.871. The van der Waals surface area contributed by atoms with Gasteiger partial charge in [0, 0.05) is 4.47 Å². The summed E-state index contributed by atoms with van der Waals surface area (Å²) >= 11 is 3.55. The van der Waals surface area contributed by atoms with Crippen LogP contribution in [-0.4, -0.2) is 13.7 Å². The molecule has 2 nitrogen and oxygen atoms in total. The van der Waals surface area contributed by atoms with E-state index in [1.807, 2.05) is 26.1 Å². The monoisotopic (exact) mass is 333 g/mol. The molecule has 0 bridgehead atoms. The van der Waals surface area contributed by atoms with Crippen LogP contribution in [-0.2, 0) is 0 Å². The molecule has 2 rings (SSSR count). The molecule has 0 aliphatic carbocycles. The number of halogens is 1. The molecule has 0 radical (unpaired) electrons. The minimum atomic E-state index is 0.169. The van der Waals surface area contributed by atoms with E-state index in [1.54, 1.807) is 0 Å². The molecule has 2 aromatic carbocycles. The molecular weight excluding hydrogens is 314 g/mol. The molecule has 0 heterocycles. The topological polar surface area (TPSA) is 21.3 Å². The molecule has 2 aromatic rings. The van der Waals surface area contributed by atoms with Gasteiger partial charge in [0.1, 0.15) is 5.75 Å². The van der Waals surface area contributed by atoms with Crippen LogP contribution in [0.3, 0.4) is 0 Å². The average Bonchev–Trinajstić information content (AvgIpc) is 2.44. The summed E-state index contributed by atoms with van der Waals surface area (Å²) in [5, 5.41) is 3.38. The van der Waals surface area contributed by atoms with E-state index < -0.39 is 0 Å². The zero-order valence-electron chi connectivity index (χ0n) is 12.1. The third kappa shape index (κ3) is 3.41. The molecule has 0 amide bonds. The standard InChI is InChI=1S/C17H20BrNO/c1-4-20-15-7-5-6-13(11-15)17(19-3)14-8-9-16(18)12(2)10-14/h5-11,17,19H,4H2,1-3H3. The van der Waals surface area contributed by atoms with Crippen LogP contribution < -0.4 is 10.1 Å². The van der Waals surface area contributed by atoms with Gasteiger partial charge in [0.05, 0.1) is 12.6 Å². The third-order valence-electron chi connectivity index (χ3n) is 3.31. The molecule has 0 saturated carbocycles.